The Morgan fingerprint density at radius 3 is 2.55 bits per heavy atom. The van der Waals surface area contributed by atoms with Crippen molar-refractivity contribution in [3.05, 3.63) is 28.8 Å². The summed E-state index contributed by atoms with van der Waals surface area (Å²) in [5, 5.41) is 10.3. The molecule has 1 aromatic carbocycles. The van der Waals surface area contributed by atoms with Crippen LogP contribution in [-0.2, 0) is 0 Å². The zero-order valence-electron chi connectivity index (χ0n) is 12.6. The molecule has 4 heteroatoms. The van der Waals surface area contributed by atoms with Gasteiger partial charge in [0.05, 0.1) is 16.8 Å². The van der Waals surface area contributed by atoms with Gasteiger partial charge in [-0.2, -0.15) is 0 Å². The summed E-state index contributed by atoms with van der Waals surface area (Å²) in [6, 6.07) is 6.41. The van der Waals surface area contributed by atoms with E-state index in [4.69, 9.17) is 11.6 Å². The Balaban J connectivity index is 2.07. The standard InChI is InChI=1S/C16H25ClN2O/c1-4-19-9-7-14(8-10-19)18(3)16-6-5-13(12(2)20)11-15(16)17/h5-6,11-12,14,20H,4,7-10H2,1-3H3/t12-/m1/s1. The molecule has 1 heterocycles. The molecular formula is C16H25ClN2O. The van der Waals surface area contributed by atoms with Gasteiger partial charge in [-0.05, 0) is 44.0 Å². The van der Waals surface area contributed by atoms with Crippen LogP contribution < -0.4 is 4.90 Å². The van der Waals surface area contributed by atoms with Gasteiger partial charge in [0, 0.05) is 26.2 Å². The maximum absolute atomic E-state index is 9.60. The van der Waals surface area contributed by atoms with Crippen LogP contribution in [0.4, 0.5) is 5.69 Å². The third kappa shape index (κ3) is 3.46. The second-order valence-corrected chi connectivity index (χ2v) is 6.07. The first-order valence-electron chi connectivity index (χ1n) is 7.45. The summed E-state index contributed by atoms with van der Waals surface area (Å²) < 4.78 is 0. The van der Waals surface area contributed by atoms with Gasteiger partial charge in [0.25, 0.3) is 0 Å². The molecule has 0 bridgehead atoms. The Hall–Kier alpha value is -0.770. The highest BCUT2D eigenvalue weighted by atomic mass is 35.5. The van der Waals surface area contributed by atoms with Crippen molar-refractivity contribution in [1.82, 2.24) is 4.90 Å². The number of halogens is 1. The predicted molar refractivity (Wildman–Crippen MR) is 85.6 cm³/mol. The van der Waals surface area contributed by atoms with E-state index >= 15 is 0 Å². The zero-order valence-corrected chi connectivity index (χ0v) is 13.4. The molecule has 112 valence electrons. The molecule has 1 fully saturated rings. The van der Waals surface area contributed by atoms with Crippen molar-refractivity contribution in [2.24, 2.45) is 0 Å². The molecule has 1 aliphatic rings. The van der Waals surface area contributed by atoms with E-state index in [1.54, 1.807) is 6.92 Å². The van der Waals surface area contributed by atoms with Gasteiger partial charge in [0.1, 0.15) is 0 Å². The fraction of sp³-hybridized carbons (Fsp3) is 0.625. The molecule has 1 aliphatic heterocycles. The normalized spacial score (nSPS) is 19.1. The molecule has 0 saturated carbocycles. The lowest BCUT2D eigenvalue weighted by Gasteiger charge is -2.37. The molecule has 0 aliphatic carbocycles. The summed E-state index contributed by atoms with van der Waals surface area (Å²) >= 11 is 6.38. The number of aliphatic hydroxyl groups excluding tert-OH is 1. The zero-order chi connectivity index (χ0) is 14.7. The third-order valence-corrected chi connectivity index (χ3v) is 4.69. The first kappa shape index (κ1) is 15.6. The van der Waals surface area contributed by atoms with Crippen LogP contribution in [0.15, 0.2) is 18.2 Å². The Morgan fingerprint density at radius 2 is 2.05 bits per heavy atom. The van der Waals surface area contributed by atoms with E-state index in [9.17, 15) is 5.11 Å². The molecule has 2 rings (SSSR count). The molecule has 0 aromatic heterocycles. The van der Waals surface area contributed by atoms with Crippen LogP contribution in [0, 0.1) is 0 Å². The molecule has 0 radical (unpaired) electrons. The van der Waals surface area contributed by atoms with Crippen LogP contribution >= 0.6 is 11.6 Å². The Kier molecular flexibility index (Phi) is 5.30. The fourth-order valence-electron chi connectivity index (χ4n) is 2.89. The second-order valence-electron chi connectivity index (χ2n) is 5.66. The molecule has 1 N–H and O–H groups in total. The van der Waals surface area contributed by atoms with Gasteiger partial charge in [-0.25, -0.2) is 0 Å². The molecule has 0 unspecified atom stereocenters. The van der Waals surface area contributed by atoms with E-state index in [0.29, 0.717) is 6.04 Å². The lowest BCUT2D eigenvalue weighted by Crippen LogP contribution is -2.43. The number of piperidine rings is 1. The highest BCUT2D eigenvalue weighted by Crippen LogP contribution is 2.31. The van der Waals surface area contributed by atoms with E-state index in [2.05, 4.69) is 23.8 Å². The van der Waals surface area contributed by atoms with Gasteiger partial charge < -0.3 is 14.9 Å². The van der Waals surface area contributed by atoms with E-state index in [-0.39, 0.29) is 0 Å². The molecule has 1 aromatic rings. The molecule has 1 atom stereocenters. The monoisotopic (exact) mass is 296 g/mol. The number of hydrogen-bond donors (Lipinski definition) is 1. The van der Waals surface area contributed by atoms with Crippen molar-refractivity contribution in [2.75, 3.05) is 31.6 Å². The lowest BCUT2D eigenvalue weighted by atomic mass is 10.0. The molecule has 20 heavy (non-hydrogen) atoms. The van der Waals surface area contributed by atoms with E-state index in [1.165, 1.54) is 12.8 Å². The minimum Gasteiger partial charge on any atom is -0.389 e. The summed E-state index contributed by atoms with van der Waals surface area (Å²) in [6.45, 7) is 7.44. The summed E-state index contributed by atoms with van der Waals surface area (Å²) in [5.74, 6) is 0. The summed E-state index contributed by atoms with van der Waals surface area (Å²) in [4.78, 5) is 4.78. The van der Waals surface area contributed by atoms with Crippen LogP contribution in [0.3, 0.4) is 0 Å². The number of benzene rings is 1. The fourth-order valence-corrected chi connectivity index (χ4v) is 3.21. The number of anilines is 1. The quantitative estimate of drug-likeness (QED) is 0.923. The van der Waals surface area contributed by atoms with Crippen LogP contribution in [0.2, 0.25) is 5.02 Å². The topological polar surface area (TPSA) is 26.7 Å². The van der Waals surface area contributed by atoms with Crippen molar-refractivity contribution < 1.29 is 5.11 Å². The molecule has 0 spiro atoms. The number of rotatable bonds is 4. The van der Waals surface area contributed by atoms with Gasteiger partial charge >= 0.3 is 0 Å². The van der Waals surface area contributed by atoms with Crippen LogP contribution in [0.25, 0.3) is 0 Å². The van der Waals surface area contributed by atoms with Crippen molar-refractivity contribution in [3.63, 3.8) is 0 Å². The average molecular weight is 297 g/mol. The van der Waals surface area contributed by atoms with Crippen molar-refractivity contribution in [3.8, 4) is 0 Å². The average Bonchev–Trinajstić information content (AvgIpc) is 2.46. The van der Waals surface area contributed by atoms with Crippen molar-refractivity contribution in [2.45, 2.75) is 38.8 Å². The van der Waals surface area contributed by atoms with Crippen LogP contribution in [0.1, 0.15) is 38.4 Å². The number of aliphatic hydroxyl groups is 1. The first-order valence-corrected chi connectivity index (χ1v) is 7.83. The van der Waals surface area contributed by atoms with Gasteiger partial charge in [-0.1, -0.05) is 24.6 Å². The predicted octanol–water partition coefficient (Wildman–Crippen LogP) is 3.31. The highest BCUT2D eigenvalue weighted by Gasteiger charge is 2.23. The van der Waals surface area contributed by atoms with E-state index < -0.39 is 6.10 Å². The smallest absolute Gasteiger partial charge is 0.0762 e. The minimum atomic E-state index is -0.473. The number of hydrogen-bond acceptors (Lipinski definition) is 3. The Bertz CT molecular complexity index is 442. The first-order chi connectivity index (χ1) is 9.52. The Morgan fingerprint density at radius 1 is 1.40 bits per heavy atom. The SMILES string of the molecule is CCN1CCC(N(C)c2ccc([C@@H](C)O)cc2Cl)CC1. The summed E-state index contributed by atoms with van der Waals surface area (Å²) in [6.07, 6.45) is 1.89. The molecule has 1 saturated heterocycles. The lowest BCUT2D eigenvalue weighted by molar-refractivity contribution is 0.199. The second kappa shape index (κ2) is 6.79. The van der Waals surface area contributed by atoms with E-state index in [1.807, 2.05) is 18.2 Å². The third-order valence-electron chi connectivity index (χ3n) is 4.39. The minimum absolute atomic E-state index is 0.473. The molecule has 0 amide bonds. The summed E-state index contributed by atoms with van der Waals surface area (Å²) in [5.41, 5.74) is 1.93. The van der Waals surface area contributed by atoms with Gasteiger partial charge in [-0.3, -0.25) is 0 Å². The molecular weight excluding hydrogens is 272 g/mol. The van der Waals surface area contributed by atoms with Crippen LogP contribution in [0.5, 0.6) is 0 Å². The number of nitrogens with zero attached hydrogens (tertiary/aromatic N) is 2. The highest BCUT2D eigenvalue weighted by molar-refractivity contribution is 6.33. The molecule has 3 nitrogen and oxygen atoms in total. The number of likely N-dealkylation sites (tertiary alicyclic amines) is 1. The van der Waals surface area contributed by atoms with Crippen molar-refractivity contribution in [1.29, 1.82) is 0 Å². The largest absolute Gasteiger partial charge is 0.389 e. The van der Waals surface area contributed by atoms with Gasteiger partial charge in [0.15, 0.2) is 0 Å². The Labute approximate surface area is 127 Å². The van der Waals surface area contributed by atoms with Crippen LogP contribution in [-0.4, -0.2) is 42.7 Å². The maximum atomic E-state index is 9.60. The van der Waals surface area contributed by atoms with Crippen molar-refractivity contribution >= 4 is 17.3 Å². The summed E-state index contributed by atoms with van der Waals surface area (Å²) in [7, 11) is 2.12. The van der Waals surface area contributed by atoms with Gasteiger partial charge in [-0.15, -0.1) is 0 Å². The van der Waals surface area contributed by atoms with E-state index in [0.717, 1.165) is 35.9 Å². The maximum Gasteiger partial charge on any atom is 0.0762 e. The van der Waals surface area contributed by atoms with Gasteiger partial charge in [0.2, 0.25) is 0 Å².